The maximum Gasteiger partial charge on any atom is 0.348 e. The number of hydrogen-bond donors (Lipinski definition) is 0. The van der Waals surface area contributed by atoms with Gasteiger partial charge in [0, 0.05) is 32.1 Å². The highest BCUT2D eigenvalue weighted by atomic mass is 16.8. The number of carbonyl (C=O) groups is 5. The van der Waals surface area contributed by atoms with Crippen LogP contribution in [0.1, 0.15) is 65.7 Å². The molecule has 1 unspecified atom stereocenters. The Morgan fingerprint density at radius 3 is 2.00 bits per heavy atom. The molecule has 1 saturated carbocycles. The molecule has 0 radical (unpaired) electrons. The van der Waals surface area contributed by atoms with Crippen LogP contribution in [0.4, 0.5) is 0 Å². The number of carbonyl (C=O) groups excluding carboxylic acids is 5. The van der Waals surface area contributed by atoms with Crippen molar-refractivity contribution in [2.45, 2.75) is 83.1 Å². The fraction of sp³-hybridized carbons (Fsp3) is 0.483. The van der Waals surface area contributed by atoms with Crippen LogP contribution >= 0.6 is 0 Å². The van der Waals surface area contributed by atoms with Gasteiger partial charge in [-0.25, -0.2) is 19.2 Å². The van der Waals surface area contributed by atoms with Gasteiger partial charge in [0.05, 0.1) is 36.1 Å². The summed E-state index contributed by atoms with van der Waals surface area (Å²) in [7, 11) is 0. The van der Waals surface area contributed by atoms with Gasteiger partial charge in [0.25, 0.3) is 5.79 Å². The van der Waals surface area contributed by atoms with Crippen LogP contribution in [-0.4, -0.2) is 53.8 Å². The highest BCUT2D eigenvalue weighted by molar-refractivity contribution is 6.15. The van der Waals surface area contributed by atoms with Gasteiger partial charge in [-0.2, -0.15) is 0 Å². The summed E-state index contributed by atoms with van der Waals surface area (Å²) in [5.74, 6) is -10.6. The molecule has 1 saturated heterocycles. The third-order valence-electron chi connectivity index (χ3n) is 7.00. The van der Waals surface area contributed by atoms with Crippen molar-refractivity contribution in [3.05, 3.63) is 59.0 Å². The molecule has 43 heavy (non-hydrogen) atoms. The van der Waals surface area contributed by atoms with Crippen LogP contribution in [0, 0.1) is 0 Å². The predicted octanol–water partition coefficient (Wildman–Crippen LogP) is 0.852. The van der Waals surface area contributed by atoms with Crippen molar-refractivity contribution in [3.63, 3.8) is 0 Å². The van der Waals surface area contributed by atoms with Crippen molar-refractivity contribution < 1.29 is 67.3 Å². The van der Waals surface area contributed by atoms with E-state index in [0.29, 0.717) is 6.42 Å². The second kappa shape index (κ2) is 12.2. The molecule has 232 valence electrons. The lowest BCUT2D eigenvalue weighted by atomic mass is 9.87. The minimum atomic E-state index is -1.63. The van der Waals surface area contributed by atoms with Crippen molar-refractivity contribution in [1.29, 1.82) is 0 Å². The van der Waals surface area contributed by atoms with Crippen molar-refractivity contribution in [1.82, 2.24) is 0 Å². The fourth-order valence-corrected chi connectivity index (χ4v) is 4.53. The summed E-state index contributed by atoms with van der Waals surface area (Å²) in [5.41, 5.74) is -0.995. The number of hydrogen-bond acceptors (Lipinski definition) is 14. The monoisotopic (exact) mass is 602 g/mol. The van der Waals surface area contributed by atoms with E-state index in [9.17, 15) is 34.2 Å². The van der Waals surface area contributed by atoms with Gasteiger partial charge in [0.2, 0.25) is 0 Å². The van der Waals surface area contributed by atoms with Crippen molar-refractivity contribution in [2.75, 3.05) is 6.61 Å². The zero-order valence-electron chi connectivity index (χ0n) is 23.8. The van der Waals surface area contributed by atoms with Gasteiger partial charge < -0.3 is 43.4 Å². The van der Waals surface area contributed by atoms with E-state index < -0.39 is 70.2 Å². The zero-order valence-corrected chi connectivity index (χ0v) is 23.8. The van der Waals surface area contributed by atoms with Crippen LogP contribution in [0.5, 0.6) is 0 Å². The van der Waals surface area contributed by atoms with Crippen LogP contribution in [0.3, 0.4) is 0 Å². The molecule has 0 bridgehead atoms. The number of esters is 5. The third kappa shape index (κ3) is 7.01. The van der Waals surface area contributed by atoms with Gasteiger partial charge in [-0.05, 0) is 32.4 Å². The molecule has 14 nitrogen and oxygen atoms in total. The number of ether oxygens (including phenoxy) is 7. The summed E-state index contributed by atoms with van der Waals surface area (Å²) in [4.78, 5) is 61.3. The van der Waals surface area contributed by atoms with Crippen LogP contribution in [0.15, 0.2) is 59.0 Å². The molecular weight excluding hydrogens is 572 g/mol. The molecule has 2 fully saturated rings. The standard InChI is InChI=1S/C29H32O14/c1-4-16-37-20(30)10-11-27(3)38-23(33)18(24(34)39-27)8-6-5-7-9-19-25(35)42-29(43-26(19)36)14-12-28(13-15-29)40-21(31)17(2)22(32)41-28/h5-9,31,33H,4,10-16H2,1-3H3/p-2/b7-5+,8-6+,19-9?. The second-order valence-electron chi connectivity index (χ2n) is 10.4. The highest BCUT2D eigenvalue weighted by Crippen LogP contribution is 2.45. The van der Waals surface area contributed by atoms with E-state index >= 15 is 0 Å². The minimum absolute atomic E-state index is 0.0452. The normalized spacial score (nSPS) is 29.3. The van der Waals surface area contributed by atoms with Crippen molar-refractivity contribution >= 4 is 29.8 Å². The average molecular weight is 603 g/mol. The number of cyclic esters (lactones) is 1. The van der Waals surface area contributed by atoms with Gasteiger partial charge in [0.1, 0.15) is 5.57 Å². The first kappa shape index (κ1) is 31.2. The lowest BCUT2D eigenvalue weighted by molar-refractivity contribution is -0.407. The Labute approximate surface area is 246 Å². The van der Waals surface area contributed by atoms with Crippen molar-refractivity contribution in [2.24, 2.45) is 0 Å². The van der Waals surface area contributed by atoms with Gasteiger partial charge >= 0.3 is 29.8 Å². The van der Waals surface area contributed by atoms with Gasteiger partial charge in [-0.1, -0.05) is 25.2 Å². The Morgan fingerprint density at radius 2 is 1.42 bits per heavy atom. The van der Waals surface area contributed by atoms with E-state index in [2.05, 4.69) is 0 Å². The summed E-state index contributed by atoms with van der Waals surface area (Å²) in [6.07, 6.45) is 6.40. The molecular formula is C29H30O14-2. The molecule has 4 aliphatic rings. The molecule has 3 heterocycles. The first-order valence-corrected chi connectivity index (χ1v) is 13.6. The summed E-state index contributed by atoms with van der Waals surface area (Å²) in [6.45, 7) is 4.74. The molecule has 0 aromatic carbocycles. The molecule has 0 aromatic rings. The largest absolute Gasteiger partial charge is 0.574 e. The van der Waals surface area contributed by atoms with Crippen LogP contribution in [0.2, 0.25) is 0 Å². The topological polar surface area (TPSA) is 196 Å². The fourth-order valence-electron chi connectivity index (χ4n) is 4.53. The van der Waals surface area contributed by atoms with E-state index in [0.717, 1.165) is 12.2 Å². The third-order valence-corrected chi connectivity index (χ3v) is 7.00. The molecule has 2 spiro atoms. The Morgan fingerprint density at radius 1 is 0.814 bits per heavy atom. The van der Waals surface area contributed by atoms with Crippen LogP contribution in [-0.2, 0) is 57.1 Å². The second-order valence-corrected chi connectivity index (χ2v) is 10.4. The number of allylic oxidation sites excluding steroid dienone is 4. The molecule has 4 rings (SSSR count). The molecule has 1 aliphatic carbocycles. The molecule has 0 amide bonds. The summed E-state index contributed by atoms with van der Waals surface area (Å²) in [5, 5.41) is 24.3. The SMILES string of the molecule is CCCOC(=O)CCC1(C)OC(=O)C(/C=C/C=C/C=C2C(=O)OC3(CCC4(CC3)OC(=O)C(C)=C([O-])O4)OC2=O)=C([O-])O1. The summed E-state index contributed by atoms with van der Waals surface area (Å²) >= 11 is 0. The van der Waals surface area contributed by atoms with E-state index in [4.69, 9.17) is 33.2 Å². The Balaban J connectivity index is 1.32. The summed E-state index contributed by atoms with van der Waals surface area (Å²) in [6, 6.07) is 0. The quantitative estimate of drug-likeness (QED) is 0.125. The smallest absolute Gasteiger partial charge is 0.348 e. The lowest BCUT2D eigenvalue weighted by Gasteiger charge is -2.50. The highest BCUT2D eigenvalue weighted by Gasteiger charge is 2.53. The maximum atomic E-state index is 12.6. The van der Waals surface area contributed by atoms with Gasteiger partial charge in [-0.3, -0.25) is 4.79 Å². The van der Waals surface area contributed by atoms with Crippen molar-refractivity contribution in [3.8, 4) is 0 Å². The zero-order chi connectivity index (χ0) is 31.4. The number of rotatable bonds is 8. The van der Waals surface area contributed by atoms with Crippen LogP contribution in [0.25, 0.3) is 0 Å². The van der Waals surface area contributed by atoms with Crippen LogP contribution < -0.4 is 10.2 Å². The molecule has 1 atom stereocenters. The summed E-state index contributed by atoms with van der Waals surface area (Å²) < 4.78 is 36.8. The average Bonchev–Trinajstić information content (AvgIpc) is 2.93. The van der Waals surface area contributed by atoms with E-state index in [1.807, 2.05) is 6.92 Å². The maximum absolute atomic E-state index is 12.6. The predicted molar refractivity (Wildman–Crippen MR) is 135 cm³/mol. The lowest BCUT2D eigenvalue weighted by Crippen LogP contribution is -2.55. The Kier molecular flexibility index (Phi) is 8.88. The molecule has 0 aromatic heterocycles. The molecule has 3 aliphatic heterocycles. The minimum Gasteiger partial charge on any atom is -0.574 e. The Bertz CT molecular complexity index is 1330. The van der Waals surface area contributed by atoms with E-state index in [1.165, 1.54) is 32.1 Å². The molecule has 0 N–H and O–H groups in total. The first-order valence-electron chi connectivity index (χ1n) is 13.6. The van der Waals surface area contributed by atoms with E-state index in [1.54, 1.807) is 0 Å². The van der Waals surface area contributed by atoms with Gasteiger partial charge in [-0.15, -0.1) is 0 Å². The molecule has 14 heteroatoms. The van der Waals surface area contributed by atoms with E-state index in [-0.39, 0.29) is 50.7 Å². The first-order chi connectivity index (χ1) is 20.3. The van der Waals surface area contributed by atoms with Gasteiger partial charge in [0.15, 0.2) is 11.6 Å². The Hall–Kier alpha value is -4.75.